The molecule has 0 unspecified atom stereocenters. The smallest absolute Gasteiger partial charge is 0.250 e. The average molecular weight is 365 g/mol. The SMILES string of the molecule is CCN(CC)S(=O)(=O)c1ccc(/C=C/C(=O)Nc2nccs2)cc1. The molecule has 8 heteroatoms. The predicted molar refractivity (Wildman–Crippen MR) is 96.3 cm³/mol. The molecule has 0 atom stereocenters. The number of sulfonamides is 1. The molecule has 0 spiro atoms. The first-order chi connectivity index (χ1) is 11.5. The van der Waals surface area contributed by atoms with Gasteiger partial charge in [0.15, 0.2) is 5.13 Å². The molecule has 1 amide bonds. The van der Waals surface area contributed by atoms with Crippen LogP contribution in [0.4, 0.5) is 5.13 Å². The second-order valence-corrected chi connectivity index (χ2v) is 7.65. The lowest BCUT2D eigenvalue weighted by Crippen LogP contribution is -2.30. The van der Waals surface area contributed by atoms with Crippen LogP contribution in [0, 0.1) is 0 Å². The van der Waals surface area contributed by atoms with E-state index in [4.69, 9.17) is 0 Å². The van der Waals surface area contributed by atoms with E-state index in [9.17, 15) is 13.2 Å². The summed E-state index contributed by atoms with van der Waals surface area (Å²) in [5, 5.41) is 4.94. The maximum absolute atomic E-state index is 12.4. The van der Waals surface area contributed by atoms with Crippen LogP contribution in [0.1, 0.15) is 19.4 Å². The molecule has 0 aliphatic carbocycles. The normalized spacial score (nSPS) is 12.0. The number of aromatic nitrogens is 1. The van der Waals surface area contributed by atoms with Gasteiger partial charge in [-0.25, -0.2) is 13.4 Å². The molecule has 1 aromatic heterocycles. The third-order valence-corrected chi connectivity index (χ3v) is 6.07. The molecule has 0 fully saturated rings. The summed E-state index contributed by atoms with van der Waals surface area (Å²) in [6.45, 7) is 4.47. The number of hydrogen-bond donors (Lipinski definition) is 1. The highest BCUT2D eigenvalue weighted by Crippen LogP contribution is 2.17. The summed E-state index contributed by atoms with van der Waals surface area (Å²) >= 11 is 1.34. The van der Waals surface area contributed by atoms with E-state index in [0.717, 1.165) is 5.56 Å². The number of benzene rings is 1. The molecule has 0 radical (unpaired) electrons. The molecule has 128 valence electrons. The highest BCUT2D eigenvalue weighted by molar-refractivity contribution is 7.89. The fourth-order valence-electron chi connectivity index (χ4n) is 2.07. The molecule has 2 rings (SSSR count). The van der Waals surface area contributed by atoms with Crippen molar-refractivity contribution in [1.29, 1.82) is 0 Å². The Morgan fingerprint density at radius 2 is 1.92 bits per heavy atom. The van der Waals surface area contributed by atoms with Gasteiger partial charge in [0.2, 0.25) is 15.9 Å². The Bertz CT molecular complexity index is 794. The van der Waals surface area contributed by atoms with E-state index in [1.54, 1.807) is 55.8 Å². The predicted octanol–water partition coefficient (Wildman–Crippen LogP) is 2.83. The first-order valence-corrected chi connectivity index (χ1v) is 9.78. The molecule has 6 nitrogen and oxygen atoms in total. The van der Waals surface area contributed by atoms with Crippen LogP contribution in [0.15, 0.2) is 46.8 Å². The van der Waals surface area contributed by atoms with E-state index in [1.807, 2.05) is 0 Å². The van der Waals surface area contributed by atoms with Crippen molar-refractivity contribution in [2.45, 2.75) is 18.7 Å². The van der Waals surface area contributed by atoms with Crippen molar-refractivity contribution in [3.63, 3.8) is 0 Å². The van der Waals surface area contributed by atoms with Crippen molar-refractivity contribution in [1.82, 2.24) is 9.29 Å². The zero-order chi connectivity index (χ0) is 17.6. The van der Waals surface area contributed by atoms with Crippen molar-refractivity contribution in [3.05, 3.63) is 47.5 Å². The van der Waals surface area contributed by atoms with Crippen LogP contribution in [0.2, 0.25) is 0 Å². The fourth-order valence-corrected chi connectivity index (χ4v) is 4.06. The summed E-state index contributed by atoms with van der Waals surface area (Å²) in [4.78, 5) is 16.0. The quantitative estimate of drug-likeness (QED) is 0.765. The van der Waals surface area contributed by atoms with Gasteiger partial charge in [0.05, 0.1) is 4.90 Å². The zero-order valence-electron chi connectivity index (χ0n) is 13.5. The molecule has 2 aromatic rings. The Labute approximate surface area is 145 Å². The number of anilines is 1. The van der Waals surface area contributed by atoms with E-state index in [-0.39, 0.29) is 10.8 Å². The highest BCUT2D eigenvalue weighted by Gasteiger charge is 2.20. The first-order valence-electron chi connectivity index (χ1n) is 7.46. The maximum atomic E-state index is 12.4. The monoisotopic (exact) mass is 365 g/mol. The van der Waals surface area contributed by atoms with Crippen LogP contribution in [0.25, 0.3) is 6.08 Å². The topological polar surface area (TPSA) is 79.4 Å². The maximum Gasteiger partial charge on any atom is 0.250 e. The minimum absolute atomic E-state index is 0.246. The Hall–Kier alpha value is -2.03. The molecular weight excluding hydrogens is 346 g/mol. The molecule has 1 aromatic carbocycles. The summed E-state index contributed by atoms with van der Waals surface area (Å²) < 4.78 is 26.2. The number of thiazole rings is 1. The second-order valence-electron chi connectivity index (χ2n) is 4.82. The number of rotatable bonds is 7. The lowest BCUT2D eigenvalue weighted by atomic mass is 10.2. The molecular formula is C16H19N3O3S2. The molecule has 24 heavy (non-hydrogen) atoms. The van der Waals surface area contributed by atoms with Crippen molar-refractivity contribution in [2.75, 3.05) is 18.4 Å². The van der Waals surface area contributed by atoms with Gasteiger partial charge in [0.25, 0.3) is 0 Å². The first kappa shape index (κ1) is 18.3. The summed E-state index contributed by atoms with van der Waals surface area (Å²) in [6, 6.07) is 6.44. The molecule has 0 saturated heterocycles. The molecule has 0 saturated carbocycles. The summed E-state index contributed by atoms with van der Waals surface area (Å²) in [5.74, 6) is -0.287. The van der Waals surface area contributed by atoms with E-state index < -0.39 is 10.0 Å². The number of amides is 1. The van der Waals surface area contributed by atoms with Crippen LogP contribution in [-0.4, -0.2) is 36.7 Å². The summed E-state index contributed by atoms with van der Waals surface area (Å²) in [5.41, 5.74) is 0.739. The molecule has 1 N–H and O–H groups in total. The third kappa shape index (κ3) is 4.50. The van der Waals surface area contributed by atoms with Gasteiger partial charge in [-0.3, -0.25) is 10.1 Å². The largest absolute Gasteiger partial charge is 0.298 e. The fraction of sp³-hybridized carbons (Fsp3) is 0.250. The molecule has 0 bridgehead atoms. The molecule has 0 aliphatic heterocycles. The summed E-state index contributed by atoms with van der Waals surface area (Å²) in [7, 11) is -3.46. The number of nitrogens with zero attached hydrogens (tertiary/aromatic N) is 2. The van der Waals surface area contributed by atoms with Crippen molar-refractivity contribution in [3.8, 4) is 0 Å². The lowest BCUT2D eigenvalue weighted by molar-refractivity contribution is -0.111. The Balaban J connectivity index is 2.06. The Kier molecular flexibility index (Phi) is 6.24. The van der Waals surface area contributed by atoms with E-state index in [1.165, 1.54) is 21.7 Å². The van der Waals surface area contributed by atoms with Crippen molar-refractivity contribution in [2.24, 2.45) is 0 Å². The van der Waals surface area contributed by atoms with Gasteiger partial charge in [-0.05, 0) is 23.8 Å². The van der Waals surface area contributed by atoms with Gasteiger partial charge in [-0.15, -0.1) is 11.3 Å². The molecule has 1 heterocycles. The Morgan fingerprint density at radius 1 is 1.25 bits per heavy atom. The third-order valence-electron chi connectivity index (χ3n) is 3.31. The highest BCUT2D eigenvalue weighted by atomic mass is 32.2. The van der Waals surface area contributed by atoms with Crippen LogP contribution in [0.3, 0.4) is 0 Å². The minimum atomic E-state index is -3.46. The van der Waals surface area contributed by atoms with Crippen molar-refractivity contribution >= 4 is 38.5 Å². The van der Waals surface area contributed by atoms with Crippen LogP contribution in [0.5, 0.6) is 0 Å². The van der Waals surface area contributed by atoms with Gasteiger partial charge in [-0.2, -0.15) is 4.31 Å². The van der Waals surface area contributed by atoms with Crippen molar-refractivity contribution < 1.29 is 13.2 Å². The summed E-state index contributed by atoms with van der Waals surface area (Å²) in [6.07, 6.45) is 4.62. The van der Waals surface area contributed by atoms with E-state index >= 15 is 0 Å². The van der Waals surface area contributed by atoms with E-state index in [2.05, 4.69) is 10.3 Å². The number of hydrogen-bond acceptors (Lipinski definition) is 5. The zero-order valence-corrected chi connectivity index (χ0v) is 15.1. The number of nitrogens with one attached hydrogen (secondary N) is 1. The van der Waals surface area contributed by atoms with Crippen LogP contribution in [-0.2, 0) is 14.8 Å². The van der Waals surface area contributed by atoms with Gasteiger partial charge in [0.1, 0.15) is 0 Å². The molecule has 0 aliphatic rings. The minimum Gasteiger partial charge on any atom is -0.298 e. The van der Waals surface area contributed by atoms with Gasteiger partial charge in [0, 0.05) is 30.7 Å². The van der Waals surface area contributed by atoms with Crippen LogP contribution < -0.4 is 5.32 Å². The van der Waals surface area contributed by atoms with Crippen LogP contribution >= 0.6 is 11.3 Å². The van der Waals surface area contributed by atoms with Gasteiger partial charge < -0.3 is 0 Å². The average Bonchev–Trinajstić information content (AvgIpc) is 3.07. The lowest BCUT2D eigenvalue weighted by Gasteiger charge is -2.18. The van der Waals surface area contributed by atoms with Gasteiger partial charge in [-0.1, -0.05) is 26.0 Å². The standard InChI is InChI=1S/C16H19N3O3S2/c1-3-19(4-2)24(21,22)14-8-5-13(6-9-14)7-10-15(20)18-16-17-11-12-23-16/h5-12H,3-4H2,1-2H3,(H,17,18,20)/b10-7+. The second kappa shape index (κ2) is 8.18. The van der Waals surface area contributed by atoms with E-state index in [0.29, 0.717) is 18.2 Å². The number of carbonyl (C=O) groups is 1. The Morgan fingerprint density at radius 3 is 2.46 bits per heavy atom. The van der Waals surface area contributed by atoms with Gasteiger partial charge >= 0.3 is 0 Å². The number of carbonyl (C=O) groups excluding carboxylic acids is 1.